The molecule has 0 fully saturated rings. The van der Waals surface area contributed by atoms with Gasteiger partial charge >= 0.3 is 12.0 Å². The van der Waals surface area contributed by atoms with Gasteiger partial charge in [-0.1, -0.05) is 0 Å². The minimum Gasteiger partial charge on any atom is -0.480 e. The number of hydrogen-bond acceptors (Lipinski definition) is 4. The molecule has 0 saturated heterocycles. The Labute approximate surface area is 107 Å². The third-order valence-corrected chi connectivity index (χ3v) is 2.64. The van der Waals surface area contributed by atoms with Gasteiger partial charge in [0.1, 0.15) is 0 Å². The summed E-state index contributed by atoms with van der Waals surface area (Å²) in [5, 5.41) is 22.0. The van der Waals surface area contributed by atoms with Crippen LogP contribution in [0.15, 0.2) is 0 Å². The summed E-state index contributed by atoms with van der Waals surface area (Å²) in [6.45, 7) is 4.84. The molecule has 106 valence electrons. The van der Waals surface area contributed by atoms with E-state index in [1.807, 2.05) is 7.05 Å². The van der Waals surface area contributed by atoms with E-state index in [2.05, 4.69) is 29.4 Å². The van der Waals surface area contributed by atoms with Crippen LogP contribution in [0.3, 0.4) is 0 Å². The average molecular weight is 261 g/mol. The summed E-state index contributed by atoms with van der Waals surface area (Å²) >= 11 is 0. The Kier molecular flexibility index (Phi) is 8.06. The smallest absolute Gasteiger partial charge is 0.328 e. The van der Waals surface area contributed by atoms with Crippen LogP contribution >= 0.6 is 0 Å². The number of urea groups is 1. The Hall–Kier alpha value is -1.34. The van der Waals surface area contributed by atoms with E-state index in [0.29, 0.717) is 12.6 Å². The molecular weight excluding hydrogens is 238 g/mol. The van der Waals surface area contributed by atoms with Crippen LogP contribution in [-0.4, -0.2) is 65.9 Å². The van der Waals surface area contributed by atoms with Gasteiger partial charge in [-0.3, -0.25) is 0 Å². The SMILES string of the molecule is CC(C)N(C)CCCNC(=O)N[C@@H](CO)C(=O)O. The highest BCUT2D eigenvalue weighted by molar-refractivity contribution is 5.82. The zero-order valence-electron chi connectivity index (χ0n) is 11.1. The number of nitrogens with zero attached hydrogens (tertiary/aromatic N) is 1. The molecule has 0 heterocycles. The van der Waals surface area contributed by atoms with Crippen LogP contribution in [0.5, 0.6) is 0 Å². The van der Waals surface area contributed by atoms with Crippen LogP contribution in [0.1, 0.15) is 20.3 Å². The lowest BCUT2D eigenvalue weighted by molar-refractivity contribution is -0.140. The highest BCUT2D eigenvalue weighted by Gasteiger charge is 2.18. The van der Waals surface area contributed by atoms with Gasteiger partial charge in [-0.2, -0.15) is 0 Å². The number of carbonyl (C=O) groups is 2. The molecule has 0 unspecified atom stereocenters. The fraction of sp³-hybridized carbons (Fsp3) is 0.818. The number of aliphatic hydroxyl groups excluding tert-OH is 1. The van der Waals surface area contributed by atoms with Crippen molar-refractivity contribution in [3.8, 4) is 0 Å². The Bertz CT molecular complexity index is 271. The van der Waals surface area contributed by atoms with E-state index in [1.54, 1.807) is 0 Å². The fourth-order valence-corrected chi connectivity index (χ4v) is 1.18. The molecule has 1 atom stereocenters. The van der Waals surface area contributed by atoms with Gasteiger partial charge in [0.2, 0.25) is 0 Å². The second kappa shape index (κ2) is 8.71. The van der Waals surface area contributed by atoms with Crippen molar-refractivity contribution in [2.24, 2.45) is 0 Å². The normalized spacial score (nSPS) is 12.6. The van der Waals surface area contributed by atoms with Gasteiger partial charge in [0, 0.05) is 12.6 Å². The maximum absolute atomic E-state index is 11.3. The predicted octanol–water partition coefficient (Wildman–Crippen LogP) is -0.539. The van der Waals surface area contributed by atoms with Crippen molar-refractivity contribution in [3.05, 3.63) is 0 Å². The molecule has 7 nitrogen and oxygen atoms in total. The number of aliphatic hydroxyl groups is 1. The van der Waals surface area contributed by atoms with E-state index in [9.17, 15) is 9.59 Å². The van der Waals surface area contributed by atoms with Gasteiger partial charge in [0.15, 0.2) is 6.04 Å². The topological polar surface area (TPSA) is 102 Å². The van der Waals surface area contributed by atoms with E-state index in [-0.39, 0.29) is 0 Å². The Morgan fingerprint density at radius 1 is 1.33 bits per heavy atom. The van der Waals surface area contributed by atoms with Gasteiger partial charge in [-0.15, -0.1) is 0 Å². The Morgan fingerprint density at radius 2 is 1.94 bits per heavy atom. The van der Waals surface area contributed by atoms with E-state index >= 15 is 0 Å². The molecule has 18 heavy (non-hydrogen) atoms. The summed E-state index contributed by atoms with van der Waals surface area (Å²) in [5.41, 5.74) is 0. The molecule has 4 N–H and O–H groups in total. The highest BCUT2D eigenvalue weighted by atomic mass is 16.4. The first-order valence-electron chi connectivity index (χ1n) is 5.96. The second-order valence-electron chi connectivity index (χ2n) is 4.40. The van der Waals surface area contributed by atoms with Crippen LogP contribution in [0.4, 0.5) is 4.79 Å². The summed E-state index contributed by atoms with van der Waals surface area (Å²) in [7, 11) is 2.00. The third-order valence-electron chi connectivity index (χ3n) is 2.64. The molecule has 0 aromatic heterocycles. The predicted molar refractivity (Wildman–Crippen MR) is 67.4 cm³/mol. The Balaban J connectivity index is 3.74. The van der Waals surface area contributed by atoms with Gasteiger partial charge < -0.3 is 25.7 Å². The number of nitrogens with one attached hydrogen (secondary N) is 2. The van der Waals surface area contributed by atoms with Crippen LogP contribution in [0, 0.1) is 0 Å². The number of carboxylic acids is 1. The quantitative estimate of drug-likeness (QED) is 0.440. The lowest BCUT2D eigenvalue weighted by Crippen LogP contribution is -2.48. The molecule has 7 heteroatoms. The maximum Gasteiger partial charge on any atom is 0.328 e. The van der Waals surface area contributed by atoms with Crippen molar-refractivity contribution in [3.63, 3.8) is 0 Å². The zero-order chi connectivity index (χ0) is 14.1. The van der Waals surface area contributed by atoms with Gasteiger partial charge in [0.25, 0.3) is 0 Å². The van der Waals surface area contributed by atoms with E-state index in [4.69, 9.17) is 10.2 Å². The van der Waals surface area contributed by atoms with Crippen molar-refractivity contribution < 1.29 is 19.8 Å². The Morgan fingerprint density at radius 3 is 2.39 bits per heavy atom. The molecule has 0 aliphatic carbocycles. The summed E-state index contributed by atoms with van der Waals surface area (Å²) in [4.78, 5) is 24.0. The highest BCUT2D eigenvalue weighted by Crippen LogP contribution is 1.94. The molecule has 2 amide bonds. The number of carbonyl (C=O) groups excluding carboxylic acids is 1. The molecular formula is C11H23N3O4. The summed E-state index contributed by atoms with van der Waals surface area (Å²) in [6, 6.07) is -1.39. The molecule has 0 radical (unpaired) electrons. The van der Waals surface area contributed by atoms with Crippen molar-refractivity contribution >= 4 is 12.0 Å². The second-order valence-corrected chi connectivity index (χ2v) is 4.40. The van der Waals surface area contributed by atoms with Crippen molar-refractivity contribution in [2.45, 2.75) is 32.4 Å². The largest absolute Gasteiger partial charge is 0.480 e. The molecule has 0 aromatic carbocycles. The van der Waals surface area contributed by atoms with Crippen molar-refractivity contribution in [1.29, 1.82) is 0 Å². The minimum absolute atomic E-state index is 0.449. The number of aliphatic carboxylic acids is 1. The zero-order valence-corrected chi connectivity index (χ0v) is 11.1. The molecule has 0 aliphatic rings. The van der Waals surface area contributed by atoms with Crippen LogP contribution < -0.4 is 10.6 Å². The van der Waals surface area contributed by atoms with E-state index in [1.165, 1.54) is 0 Å². The summed E-state index contributed by atoms with van der Waals surface area (Å²) in [5.74, 6) is -1.26. The number of rotatable bonds is 8. The van der Waals surface area contributed by atoms with Gasteiger partial charge in [0.05, 0.1) is 6.61 Å². The lowest BCUT2D eigenvalue weighted by Gasteiger charge is -2.20. The van der Waals surface area contributed by atoms with Crippen LogP contribution in [-0.2, 0) is 4.79 Å². The van der Waals surface area contributed by atoms with E-state index < -0.39 is 24.6 Å². The first kappa shape index (κ1) is 16.7. The molecule has 0 bridgehead atoms. The molecule has 0 rings (SSSR count). The van der Waals surface area contributed by atoms with Crippen molar-refractivity contribution in [1.82, 2.24) is 15.5 Å². The molecule has 0 saturated carbocycles. The minimum atomic E-state index is -1.26. The molecule has 0 spiro atoms. The number of hydrogen-bond donors (Lipinski definition) is 4. The van der Waals surface area contributed by atoms with Crippen LogP contribution in [0.2, 0.25) is 0 Å². The average Bonchev–Trinajstić information content (AvgIpc) is 2.30. The standard InChI is InChI=1S/C11H23N3O4/c1-8(2)14(3)6-4-5-12-11(18)13-9(7-15)10(16)17/h8-9,15H,4-7H2,1-3H3,(H,16,17)(H2,12,13,18)/t9-/m0/s1. The monoisotopic (exact) mass is 261 g/mol. The van der Waals surface area contributed by atoms with Gasteiger partial charge in [-0.25, -0.2) is 9.59 Å². The number of carboxylic acid groups (broad SMARTS) is 1. The molecule has 0 aromatic rings. The van der Waals surface area contributed by atoms with Gasteiger partial charge in [-0.05, 0) is 33.9 Å². The lowest BCUT2D eigenvalue weighted by atomic mass is 10.3. The molecule has 0 aliphatic heterocycles. The van der Waals surface area contributed by atoms with Crippen molar-refractivity contribution in [2.75, 3.05) is 26.7 Å². The first-order valence-corrected chi connectivity index (χ1v) is 5.96. The summed E-state index contributed by atoms with van der Waals surface area (Å²) in [6.07, 6.45) is 0.777. The van der Waals surface area contributed by atoms with E-state index in [0.717, 1.165) is 13.0 Å². The number of amides is 2. The first-order chi connectivity index (χ1) is 8.38. The van der Waals surface area contributed by atoms with Crippen LogP contribution in [0.25, 0.3) is 0 Å². The summed E-state index contributed by atoms with van der Waals surface area (Å²) < 4.78 is 0. The fourth-order valence-electron chi connectivity index (χ4n) is 1.18. The third kappa shape index (κ3) is 7.08. The maximum atomic E-state index is 11.3.